The van der Waals surface area contributed by atoms with Crippen LogP contribution in [-0.2, 0) is 9.59 Å². The highest BCUT2D eigenvalue weighted by atomic mass is 35.5. The highest BCUT2D eigenvalue weighted by Crippen LogP contribution is 2.35. The summed E-state index contributed by atoms with van der Waals surface area (Å²) in [5.41, 5.74) is 0.581. The van der Waals surface area contributed by atoms with Gasteiger partial charge >= 0.3 is 0 Å². The first kappa shape index (κ1) is 22.1. The number of furan rings is 1. The molecule has 0 spiro atoms. The van der Waals surface area contributed by atoms with Crippen molar-refractivity contribution in [3.63, 3.8) is 0 Å². The van der Waals surface area contributed by atoms with Crippen LogP contribution in [0.1, 0.15) is 5.76 Å². The van der Waals surface area contributed by atoms with Crippen molar-refractivity contribution in [2.24, 2.45) is 0 Å². The van der Waals surface area contributed by atoms with Crippen LogP contribution < -0.4 is 5.32 Å². The number of rotatable bonds is 5. The molecule has 1 saturated heterocycles. The second-order valence-corrected chi connectivity index (χ2v) is 8.46. The summed E-state index contributed by atoms with van der Waals surface area (Å²) in [6, 6.07) is 13.8. The predicted octanol–water partition coefficient (Wildman–Crippen LogP) is 6.07. The van der Waals surface area contributed by atoms with Crippen LogP contribution in [0.15, 0.2) is 63.9 Å². The first-order valence-corrected chi connectivity index (χ1v) is 10.7. The predicted molar refractivity (Wildman–Crippen MR) is 122 cm³/mol. The molecule has 0 aliphatic carbocycles. The molecule has 3 aromatic rings. The van der Waals surface area contributed by atoms with E-state index in [9.17, 15) is 18.8 Å². The molecule has 1 aliphatic rings. The van der Waals surface area contributed by atoms with E-state index in [0.29, 0.717) is 38.9 Å². The molecule has 2 heterocycles. The lowest BCUT2D eigenvalue weighted by atomic mass is 10.2. The molecule has 0 unspecified atom stereocenters. The van der Waals surface area contributed by atoms with E-state index in [4.69, 9.17) is 27.6 Å². The standard InChI is InChI=1S/C22H13Cl2FN2O4S/c23-12-5-7-14(15(24)9-12)18-8-6-13(31-18)10-19-21(29)27(22(30)32-19)11-20(28)26-17-4-2-1-3-16(17)25/h1-10H,11H2,(H,26,28)/b19-10-. The maximum absolute atomic E-state index is 13.7. The maximum atomic E-state index is 13.7. The number of carbonyl (C=O) groups excluding carboxylic acids is 3. The third-order valence-electron chi connectivity index (χ3n) is 4.42. The number of hydrogen-bond acceptors (Lipinski definition) is 5. The van der Waals surface area contributed by atoms with Crippen LogP contribution in [0.2, 0.25) is 10.0 Å². The van der Waals surface area contributed by atoms with Gasteiger partial charge in [-0.2, -0.15) is 0 Å². The van der Waals surface area contributed by atoms with Crippen LogP contribution in [0.5, 0.6) is 0 Å². The van der Waals surface area contributed by atoms with Gasteiger partial charge in [0, 0.05) is 16.7 Å². The molecule has 0 radical (unpaired) electrons. The van der Waals surface area contributed by atoms with Crippen LogP contribution >= 0.6 is 35.0 Å². The van der Waals surface area contributed by atoms with E-state index < -0.39 is 29.4 Å². The zero-order chi connectivity index (χ0) is 22.8. The van der Waals surface area contributed by atoms with Gasteiger partial charge in [-0.3, -0.25) is 19.3 Å². The zero-order valence-electron chi connectivity index (χ0n) is 16.1. The molecule has 0 bridgehead atoms. The van der Waals surface area contributed by atoms with Crippen LogP contribution in [0.25, 0.3) is 17.4 Å². The van der Waals surface area contributed by atoms with Gasteiger partial charge in [-0.05, 0) is 54.2 Å². The smallest absolute Gasteiger partial charge is 0.294 e. The quantitative estimate of drug-likeness (QED) is 0.439. The van der Waals surface area contributed by atoms with Gasteiger partial charge < -0.3 is 9.73 Å². The van der Waals surface area contributed by atoms with Gasteiger partial charge in [0.2, 0.25) is 5.91 Å². The minimum atomic E-state index is -0.698. The molecule has 3 amide bonds. The fourth-order valence-electron chi connectivity index (χ4n) is 2.93. The Labute approximate surface area is 196 Å². The molecule has 2 aromatic carbocycles. The van der Waals surface area contributed by atoms with Gasteiger partial charge in [0.05, 0.1) is 15.6 Å². The minimum Gasteiger partial charge on any atom is -0.457 e. The molecule has 0 atom stereocenters. The van der Waals surface area contributed by atoms with Crippen molar-refractivity contribution in [2.75, 3.05) is 11.9 Å². The van der Waals surface area contributed by atoms with E-state index in [-0.39, 0.29) is 10.6 Å². The summed E-state index contributed by atoms with van der Waals surface area (Å²) in [6.07, 6.45) is 1.41. The number of thioether (sulfide) groups is 1. The monoisotopic (exact) mass is 490 g/mol. The minimum absolute atomic E-state index is 0.0380. The summed E-state index contributed by atoms with van der Waals surface area (Å²) in [4.78, 5) is 38.0. The summed E-state index contributed by atoms with van der Waals surface area (Å²) >= 11 is 12.8. The Morgan fingerprint density at radius 2 is 1.91 bits per heavy atom. The van der Waals surface area contributed by atoms with Crippen LogP contribution in [0.3, 0.4) is 0 Å². The molecule has 1 N–H and O–H groups in total. The number of amides is 3. The van der Waals surface area contributed by atoms with Crippen molar-refractivity contribution in [3.05, 3.63) is 81.1 Å². The molecule has 1 aromatic heterocycles. The van der Waals surface area contributed by atoms with Crippen molar-refractivity contribution in [1.29, 1.82) is 0 Å². The molecule has 4 rings (SSSR count). The Kier molecular flexibility index (Phi) is 6.36. The first-order chi connectivity index (χ1) is 15.3. The van der Waals surface area contributed by atoms with Gasteiger partial charge in [0.15, 0.2) is 0 Å². The van der Waals surface area contributed by atoms with Gasteiger partial charge in [-0.25, -0.2) is 4.39 Å². The average Bonchev–Trinajstić information content (AvgIpc) is 3.30. The molecule has 0 saturated carbocycles. The van der Waals surface area contributed by atoms with Crippen LogP contribution in [0, 0.1) is 5.82 Å². The Balaban J connectivity index is 1.47. The summed E-state index contributed by atoms with van der Waals surface area (Å²) in [6.45, 7) is -0.542. The Morgan fingerprint density at radius 3 is 2.66 bits per heavy atom. The maximum Gasteiger partial charge on any atom is 0.294 e. The lowest BCUT2D eigenvalue weighted by Gasteiger charge is -2.12. The lowest BCUT2D eigenvalue weighted by molar-refractivity contribution is -0.127. The third kappa shape index (κ3) is 4.72. The number of carbonyl (C=O) groups is 3. The second-order valence-electron chi connectivity index (χ2n) is 6.62. The number of para-hydroxylation sites is 1. The van der Waals surface area contributed by atoms with Gasteiger partial charge in [-0.1, -0.05) is 35.3 Å². The number of halogens is 3. The largest absolute Gasteiger partial charge is 0.457 e. The Bertz CT molecular complexity index is 1270. The summed E-state index contributed by atoms with van der Waals surface area (Å²) in [7, 11) is 0. The van der Waals surface area contributed by atoms with E-state index in [0.717, 1.165) is 4.90 Å². The number of benzene rings is 2. The SMILES string of the molecule is O=C(CN1C(=O)S/C(=C\c2ccc(-c3ccc(Cl)cc3Cl)o2)C1=O)Nc1ccccc1F. The first-order valence-electron chi connectivity index (χ1n) is 9.17. The van der Waals surface area contributed by atoms with Crippen molar-refractivity contribution >= 4 is 63.8 Å². The molecular formula is C22H13Cl2FN2O4S. The van der Waals surface area contributed by atoms with Crippen molar-refractivity contribution in [1.82, 2.24) is 4.90 Å². The molecule has 1 fully saturated rings. The van der Waals surface area contributed by atoms with Gasteiger partial charge in [-0.15, -0.1) is 0 Å². The molecule has 162 valence electrons. The highest BCUT2D eigenvalue weighted by molar-refractivity contribution is 8.18. The third-order valence-corrected chi connectivity index (χ3v) is 5.88. The fourth-order valence-corrected chi connectivity index (χ4v) is 4.25. The molecule has 10 heteroatoms. The van der Waals surface area contributed by atoms with Crippen LogP contribution in [0.4, 0.5) is 14.9 Å². The van der Waals surface area contributed by atoms with Crippen LogP contribution in [-0.4, -0.2) is 28.5 Å². The summed E-state index contributed by atoms with van der Waals surface area (Å²) in [5.74, 6) is -1.18. The summed E-state index contributed by atoms with van der Waals surface area (Å²) < 4.78 is 19.4. The topological polar surface area (TPSA) is 79.6 Å². The van der Waals surface area contributed by atoms with E-state index in [1.54, 1.807) is 36.4 Å². The number of nitrogens with one attached hydrogen (secondary N) is 1. The number of imide groups is 1. The van der Waals surface area contributed by atoms with Gasteiger partial charge in [0.1, 0.15) is 23.9 Å². The van der Waals surface area contributed by atoms with E-state index in [1.807, 2.05) is 0 Å². The highest BCUT2D eigenvalue weighted by Gasteiger charge is 2.36. The number of nitrogens with zero attached hydrogens (tertiary/aromatic N) is 1. The van der Waals surface area contributed by atoms with Crippen molar-refractivity contribution in [2.45, 2.75) is 0 Å². The average molecular weight is 491 g/mol. The summed E-state index contributed by atoms with van der Waals surface area (Å²) in [5, 5.41) is 2.62. The van der Waals surface area contributed by atoms with E-state index in [1.165, 1.54) is 24.3 Å². The molecular weight excluding hydrogens is 478 g/mol. The van der Waals surface area contributed by atoms with E-state index in [2.05, 4.69) is 5.32 Å². The van der Waals surface area contributed by atoms with Crippen molar-refractivity contribution < 1.29 is 23.2 Å². The molecule has 6 nitrogen and oxygen atoms in total. The Morgan fingerprint density at radius 1 is 1.12 bits per heavy atom. The lowest BCUT2D eigenvalue weighted by Crippen LogP contribution is -2.36. The normalized spacial score (nSPS) is 15.0. The van der Waals surface area contributed by atoms with E-state index >= 15 is 0 Å². The number of anilines is 1. The second kappa shape index (κ2) is 9.20. The van der Waals surface area contributed by atoms with Gasteiger partial charge in [0.25, 0.3) is 11.1 Å². The number of hydrogen-bond donors (Lipinski definition) is 1. The fraction of sp³-hybridized carbons (Fsp3) is 0.0455. The zero-order valence-corrected chi connectivity index (χ0v) is 18.4. The Hall–Kier alpha value is -3.07. The molecule has 32 heavy (non-hydrogen) atoms. The molecule has 1 aliphatic heterocycles. The van der Waals surface area contributed by atoms with Crippen molar-refractivity contribution in [3.8, 4) is 11.3 Å².